The lowest BCUT2D eigenvalue weighted by molar-refractivity contribution is 0.262. The van der Waals surface area contributed by atoms with Crippen molar-refractivity contribution in [2.75, 3.05) is 10.6 Å². The molecule has 0 aliphatic rings. The smallest absolute Gasteiger partial charge is 0.308 e. The van der Waals surface area contributed by atoms with E-state index in [0.29, 0.717) is 10.8 Å². The summed E-state index contributed by atoms with van der Waals surface area (Å²) < 4.78 is 0. The van der Waals surface area contributed by atoms with E-state index >= 15 is 0 Å². The van der Waals surface area contributed by atoms with Gasteiger partial charge in [-0.2, -0.15) is 5.10 Å². The third-order valence-corrected chi connectivity index (χ3v) is 4.17. The number of aromatic nitrogens is 4. The lowest BCUT2D eigenvalue weighted by Gasteiger charge is -2.05. The van der Waals surface area contributed by atoms with Crippen LogP contribution in [0.4, 0.5) is 21.3 Å². The number of hydrogen-bond donors (Lipinski definition) is 3. The molecular formula is C17H13N7OS. The fourth-order valence-corrected chi connectivity index (χ4v) is 2.85. The van der Waals surface area contributed by atoms with Gasteiger partial charge in [0.25, 0.3) is 0 Å². The molecule has 9 heteroatoms. The number of carbonyl (C=O) groups is 1. The van der Waals surface area contributed by atoms with E-state index in [1.807, 2.05) is 18.2 Å². The summed E-state index contributed by atoms with van der Waals surface area (Å²) in [5.41, 5.74) is 2.90. The molecule has 8 nitrogen and oxygen atoms in total. The quantitative estimate of drug-likeness (QED) is 0.479. The Bertz CT molecular complexity index is 1060. The topological polar surface area (TPSA) is 108 Å². The van der Waals surface area contributed by atoms with E-state index in [-0.39, 0.29) is 6.03 Å². The molecule has 128 valence electrons. The van der Waals surface area contributed by atoms with Crippen molar-refractivity contribution in [1.29, 1.82) is 0 Å². The van der Waals surface area contributed by atoms with Crippen molar-refractivity contribution in [2.45, 2.75) is 0 Å². The Hall–Kier alpha value is -3.59. The number of thiazole rings is 1. The molecule has 1 aromatic carbocycles. The summed E-state index contributed by atoms with van der Waals surface area (Å²) >= 11 is 1.35. The molecule has 0 unspecified atom stereocenters. The van der Waals surface area contributed by atoms with Crippen LogP contribution in [0.15, 0.2) is 59.3 Å². The molecule has 0 spiro atoms. The highest BCUT2D eigenvalue weighted by Crippen LogP contribution is 2.20. The molecule has 0 radical (unpaired) electrons. The number of nitrogens with zero attached hydrogens (tertiary/aromatic N) is 4. The van der Waals surface area contributed by atoms with Crippen molar-refractivity contribution >= 4 is 51.0 Å². The number of hydrogen-bond acceptors (Lipinski definition) is 6. The van der Waals surface area contributed by atoms with Crippen molar-refractivity contribution in [1.82, 2.24) is 20.2 Å². The summed E-state index contributed by atoms with van der Waals surface area (Å²) in [6.07, 6.45) is 6.71. The maximum atomic E-state index is 12.0. The van der Waals surface area contributed by atoms with Crippen LogP contribution in [0.1, 0.15) is 5.69 Å². The van der Waals surface area contributed by atoms with Gasteiger partial charge in [0.1, 0.15) is 0 Å². The van der Waals surface area contributed by atoms with Crippen molar-refractivity contribution < 1.29 is 4.79 Å². The van der Waals surface area contributed by atoms with Crippen LogP contribution in [0.25, 0.3) is 10.9 Å². The van der Waals surface area contributed by atoms with Crippen LogP contribution in [0, 0.1) is 0 Å². The Morgan fingerprint density at radius 3 is 3.00 bits per heavy atom. The minimum absolute atomic E-state index is 0.354. The molecule has 0 aliphatic carbocycles. The second-order valence-electron chi connectivity index (χ2n) is 5.26. The zero-order chi connectivity index (χ0) is 17.8. The van der Waals surface area contributed by atoms with Crippen LogP contribution in [-0.4, -0.2) is 32.4 Å². The van der Waals surface area contributed by atoms with Crippen LogP contribution >= 0.6 is 11.3 Å². The zero-order valence-corrected chi connectivity index (χ0v) is 14.2. The van der Waals surface area contributed by atoms with Gasteiger partial charge in [0.05, 0.1) is 29.3 Å². The maximum absolute atomic E-state index is 12.0. The van der Waals surface area contributed by atoms with E-state index in [1.54, 1.807) is 42.3 Å². The van der Waals surface area contributed by atoms with Gasteiger partial charge in [0.15, 0.2) is 5.13 Å². The van der Waals surface area contributed by atoms with Gasteiger partial charge in [-0.05, 0) is 30.3 Å². The van der Waals surface area contributed by atoms with Gasteiger partial charge in [-0.3, -0.25) is 20.4 Å². The first-order valence-corrected chi connectivity index (χ1v) is 8.55. The van der Waals surface area contributed by atoms with E-state index in [2.05, 4.69) is 35.8 Å². The van der Waals surface area contributed by atoms with E-state index in [0.717, 1.165) is 22.3 Å². The summed E-state index contributed by atoms with van der Waals surface area (Å²) in [6, 6.07) is 8.81. The number of nitrogens with one attached hydrogen (secondary N) is 3. The Kier molecular flexibility index (Phi) is 4.35. The normalized spacial score (nSPS) is 11.1. The molecule has 0 atom stereocenters. The lowest BCUT2D eigenvalue weighted by Crippen LogP contribution is -2.19. The van der Waals surface area contributed by atoms with Crippen LogP contribution in [0.2, 0.25) is 0 Å². The first-order valence-electron chi connectivity index (χ1n) is 7.68. The van der Waals surface area contributed by atoms with Crippen molar-refractivity contribution in [3.8, 4) is 0 Å². The monoisotopic (exact) mass is 363 g/mol. The van der Waals surface area contributed by atoms with Gasteiger partial charge >= 0.3 is 6.03 Å². The molecule has 3 heterocycles. The average molecular weight is 363 g/mol. The molecule has 2 amide bonds. The molecule has 0 saturated heterocycles. The third-order valence-electron chi connectivity index (χ3n) is 3.48. The van der Waals surface area contributed by atoms with Crippen LogP contribution in [0.5, 0.6) is 0 Å². The Balaban J connectivity index is 1.50. The van der Waals surface area contributed by atoms with Gasteiger partial charge in [0.2, 0.25) is 0 Å². The number of anilines is 2. The number of pyridine rings is 1. The van der Waals surface area contributed by atoms with Crippen molar-refractivity contribution in [3.63, 3.8) is 0 Å². The van der Waals surface area contributed by atoms with Crippen LogP contribution < -0.4 is 10.6 Å². The second-order valence-corrected chi connectivity index (χ2v) is 6.15. The minimum atomic E-state index is -0.354. The first kappa shape index (κ1) is 15.9. The highest BCUT2D eigenvalue weighted by molar-refractivity contribution is 7.13. The first-order chi connectivity index (χ1) is 12.8. The zero-order valence-electron chi connectivity index (χ0n) is 13.4. The number of aliphatic imine (C=N–C) groups is 1. The number of carbonyl (C=O) groups excluding carboxylic acids is 1. The van der Waals surface area contributed by atoms with E-state index < -0.39 is 0 Å². The summed E-state index contributed by atoms with van der Waals surface area (Å²) in [6.45, 7) is 0. The molecule has 0 bridgehead atoms. The van der Waals surface area contributed by atoms with E-state index in [9.17, 15) is 4.79 Å². The van der Waals surface area contributed by atoms with Crippen LogP contribution in [0.3, 0.4) is 0 Å². The summed E-state index contributed by atoms with van der Waals surface area (Å²) in [5.74, 6) is 0. The Morgan fingerprint density at radius 2 is 2.19 bits per heavy atom. The predicted octanol–water partition coefficient (Wildman–Crippen LogP) is 3.81. The standard InChI is InChI=1S/C17H13N7OS/c25-16(22-17-19-6-7-26-17)21-11-3-4-13-14(8-11)23-24-15(13)10-20-12-2-1-5-18-9-12/h1-10H,(H,23,24)(H2,19,21,22,25). The molecule has 3 N–H and O–H groups in total. The number of rotatable bonds is 4. The third kappa shape index (κ3) is 3.57. The fourth-order valence-electron chi connectivity index (χ4n) is 2.32. The molecule has 3 aromatic heterocycles. The highest BCUT2D eigenvalue weighted by Gasteiger charge is 2.08. The molecule has 4 rings (SSSR count). The number of aromatic amines is 1. The summed E-state index contributed by atoms with van der Waals surface area (Å²) in [5, 5.41) is 15.9. The molecule has 0 aliphatic heterocycles. The van der Waals surface area contributed by atoms with Crippen LogP contribution in [-0.2, 0) is 0 Å². The number of fused-ring (bicyclic) bond motifs is 1. The average Bonchev–Trinajstić information content (AvgIpc) is 3.30. The minimum Gasteiger partial charge on any atom is -0.308 e. The fraction of sp³-hybridized carbons (Fsp3) is 0. The Morgan fingerprint density at radius 1 is 1.23 bits per heavy atom. The molecule has 0 fully saturated rings. The van der Waals surface area contributed by atoms with Crippen molar-refractivity contribution in [3.05, 3.63) is 60.0 Å². The number of H-pyrrole nitrogens is 1. The number of urea groups is 1. The largest absolute Gasteiger partial charge is 0.325 e. The molecule has 4 aromatic rings. The Labute approximate surface area is 152 Å². The molecular weight excluding hydrogens is 350 g/mol. The lowest BCUT2D eigenvalue weighted by atomic mass is 10.2. The van der Waals surface area contributed by atoms with Gasteiger partial charge in [0, 0.05) is 28.8 Å². The SMILES string of the molecule is O=C(Nc1ccc2c(C=Nc3cccnc3)[nH]nc2c1)Nc1nccs1. The van der Waals surface area contributed by atoms with E-state index in [4.69, 9.17) is 0 Å². The number of amides is 2. The van der Waals surface area contributed by atoms with Crippen molar-refractivity contribution in [2.24, 2.45) is 4.99 Å². The highest BCUT2D eigenvalue weighted by atomic mass is 32.1. The second kappa shape index (κ2) is 7.11. The number of benzene rings is 1. The van der Waals surface area contributed by atoms with E-state index in [1.165, 1.54) is 11.3 Å². The maximum Gasteiger partial charge on any atom is 0.325 e. The molecule has 26 heavy (non-hydrogen) atoms. The van der Waals surface area contributed by atoms with Gasteiger partial charge in [-0.25, -0.2) is 9.78 Å². The summed E-state index contributed by atoms with van der Waals surface area (Å²) in [7, 11) is 0. The predicted molar refractivity (Wildman–Crippen MR) is 102 cm³/mol. The summed E-state index contributed by atoms with van der Waals surface area (Å²) in [4.78, 5) is 24.4. The van der Waals surface area contributed by atoms with Gasteiger partial charge in [-0.15, -0.1) is 11.3 Å². The van der Waals surface area contributed by atoms with Gasteiger partial charge in [-0.1, -0.05) is 0 Å². The molecule has 0 saturated carbocycles. The van der Waals surface area contributed by atoms with Gasteiger partial charge < -0.3 is 5.32 Å².